The number of amides is 1. The number of nitrogens with zero attached hydrogens (tertiary/aromatic N) is 2. The van der Waals surface area contributed by atoms with Gasteiger partial charge in [0.2, 0.25) is 5.91 Å². The van der Waals surface area contributed by atoms with Gasteiger partial charge in [-0.05, 0) is 49.1 Å². The zero-order chi connectivity index (χ0) is 18.1. The molecule has 4 rings (SSSR count). The molecule has 1 aliphatic carbocycles. The van der Waals surface area contributed by atoms with Crippen LogP contribution in [-0.4, -0.2) is 28.9 Å². The van der Waals surface area contributed by atoms with Crippen molar-refractivity contribution in [1.82, 2.24) is 9.88 Å². The number of fused-ring (bicyclic) bond motifs is 1. The van der Waals surface area contributed by atoms with Crippen molar-refractivity contribution in [2.24, 2.45) is 5.92 Å². The molecule has 1 amide bonds. The van der Waals surface area contributed by atoms with E-state index in [4.69, 9.17) is 0 Å². The van der Waals surface area contributed by atoms with E-state index in [0.29, 0.717) is 17.5 Å². The number of hydrogen-bond acceptors (Lipinski definition) is 2. The van der Waals surface area contributed by atoms with Crippen LogP contribution in [0.15, 0.2) is 42.6 Å². The number of benzene rings is 1. The Balaban J connectivity index is 1.56. The third-order valence-electron chi connectivity index (χ3n) is 5.60. The Morgan fingerprint density at radius 3 is 2.69 bits per heavy atom. The molecule has 1 aliphatic heterocycles. The molecular weight excluding hydrogens is 327 g/mol. The summed E-state index contributed by atoms with van der Waals surface area (Å²) in [7, 11) is 1.92. The van der Waals surface area contributed by atoms with Gasteiger partial charge >= 0.3 is 0 Å². The van der Waals surface area contributed by atoms with Crippen LogP contribution in [0.4, 0.5) is 4.39 Å². The molecule has 1 aromatic carbocycles. The Kier molecular flexibility index (Phi) is 4.46. The van der Waals surface area contributed by atoms with Gasteiger partial charge in [0.1, 0.15) is 5.82 Å². The smallest absolute Gasteiger partial charge is 0.232 e. The number of likely N-dealkylation sites (N-methyl/N-ethyl adjacent to an activating group) is 1. The van der Waals surface area contributed by atoms with Crippen molar-refractivity contribution in [3.05, 3.63) is 65.2 Å². The average Bonchev–Trinajstić information content (AvgIpc) is 2.92. The van der Waals surface area contributed by atoms with E-state index in [-0.39, 0.29) is 17.6 Å². The highest BCUT2D eigenvalue weighted by Gasteiger charge is 2.48. The van der Waals surface area contributed by atoms with Crippen LogP contribution in [0.25, 0.3) is 0 Å². The maximum atomic E-state index is 13.2. The number of pyridine rings is 1. The molecule has 132 valence electrons. The van der Waals surface area contributed by atoms with Gasteiger partial charge in [0, 0.05) is 30.4 Å². The third-order valence-corrected chi connectivity index (χ3v) is 5.60. The standard InChI is InChI=1S/C22H21FN2O/c1-25-20-8-3-2-7-18(20)21(22(25)26)19-12-11-16(14-24-19)10-9-15-5-4-6-17(23)13-15/h4-6,11-14,18,20-21H,2-3,7-8H2,1H3/t18-,20+,21-/m0/s1. The molecule has 0 N–H and O–H groups in total. The van der Waals surface area contributed by atoms with Crippen LogP contribution in [0, 0.1) is 23.6 Å². The molecule has 1 aromatic heterocycles. The first-order valence-corrected chi connectivity index (χ1v) is 9.14. The lowest BCUT2D eigenvalue weighted by atomic mass is 9.78. The van der Waals surface area contributed by atoms with Crippen LogP contribution in [0.1, 0.15) is 48.4 Å². The Bertz CT molecular complexity index is 881. The molecule has 3 nitrogen and oxygen atoms in total. The molecule has 0 bridgehead atoms. The molecule has 1 saturated carbocycles. The lowest BCUT2D eigenvalue weighted by Gasteiger charge is -2.29. The summed E-state index contributed by atoms with van der Waals surface area (Å²) in [6.07, 6.45) is 6.30. The molecule has 26 heavy (non-hydrogen) atoms. The van der Waals surface area contributed by atoms with E-state index in [2.05, 4.69) is 16.8 Å². The van der Waals surface area contributed by atoms with Gasteiger partial charge in [-0.2, -0.15) is 0 Å². The first-order chi connectivity index (χ1) is 12.6. The lowest BCUT2D eigenvalue weighted by molar-refractivity contribution is -0.128. The lowest BCUT2D eigenvalue weighted by Crippen LogP contribution is -2.33. The summed E-state index contributed by atoms with van der Waals surface area (Å²) in [4.78, 5) is 19.2. The molecule has 2 fully saturated rings. The first-order valence-electron chi connectivity index (χ1n) is 9.14. The Morgan fingerprint density at radius 1 is 1.12 bits per heavy atom. The van der Waals surface area contributed by atoms with E-state index in [1.807, 2.05) is 24.1 Å². The fraction of sp³-hybridized carbons (Fsp3) is 0.364. The molecule has 4 heteroatoms. The maximum Gasteiger partial charge on any atom is 0.232 e. The quantitative estimate of drug-likeness (QED) is 0.736. The predicted octanol–water partition coefficient (Wildman–Crippen LogP) is 3.73. The van der Waals surface area contributed by atoms with Crippen LogP contribution >= 0.6 is 0 Å². The molecule has 2 aromatic rings. The Hall–Kier alpha value is -2.67. The summed E-state index contributed by atoms with van der Waals surface area (Å²) < 4.78 is 13.2. The highest BCUT2D eigenvalue weighted by atomic mass is 19.1. The van der Waals surface area contributed by atoms with Crippen molar-refractivity contribution < 1.29 is 9.18 Å². The molecule has 0 radical (unpaired) electrons. The number of likely N-dealkylation sites (tertiary alicyclic amines) is 1. The number of hydrogen-bond donors (Lipinski definition) is 0. The summed E-state index contributed by atoms with van der Waals surface area (Å²) in [6.45, 7) is 0. The minimum atomic E-state index is -0.295. The van der Waals surface area contributed by atoms with Crippen molar-refractivity contribution in [3.8, 4) is 11.8 Å². The van der Waals surface area contributed by atoms with Crippen molar-refractivity contribution in [1.29, 1.82) is 0 Å². The molecular formula is C22H21FN2O. The topological polar surface area (TPSA) is 33.2 Å². The van der Waals surface area contributed by atoms with Crippen LogP contribution in [0.2, 0.25) is 0 Å². The summed E-state index contributed by atoms with van der Waals surface area (Å²) in [6, 6.07) is 10.4. The van der Waals surface area contributed by atoms with E-state index < -0.39 is 0 Å². The van der Waals surface area contributed by atoms with Crippen molar-refractivity contribution in [2.45, 2.75) is 37.6 Å². The third kappa shape index (κ3) is 3.10. The SMILES string of the molecule is CN1C(=O)[C@H](c2ccc(C#Cc3cccc(F)c3)cn2)[C@H]2CCCC[C@H]21. The minimum absolute atomic E-state index is 0.129. The molecule has 1 saturated heterocycles. The number of halogens is 1. The van der Waals surface area contributed by atoms with Crippen molar-refractivity contribution >= 4 is 5.91 Å². The number of rotatable bonds is 1. The number of carbonyl (C=O) groups excluding carboxylic acids is 1. The van der Waals surface area contributed by atoms with Gasteiger partial charge in [-0.25, -0.2) is 4.39 Å². The van der Waals surface area contributed by atoms with Gasteiger partial charge in [-0.3, -0.25) is 9.78 Å². The second-order valence-corrected chi connectivity index (χ2v) is 7.17. The predicted molar refractivity (Wildman–Crippen MR) is 97.9 cm³/mol. The zero-order valence-electron chi connectivity index (χ0n) is 14.8. The molecule has 3 atom stereocenters. The Labute approximate surface area is 153 Å². The Morgan fingerprint density at radius 2 is 1.92 bits per heavy atom. The number of carbonyl (C=O) groups is 1. The summed E-state index contributed by atoms with van der Waals surface area (Å²) in [5.74, 6) is 6.09. The maximum absolute atomic E-state index is 13.2. The van der Waals surface area contributed by atoms with Crippen LogP contribution < -0.4 is 0 Å². The van der Waals surface area contributed by atoms with Crippen molar-refractivity contribution in [3.63, 3.8) is 0 Å². The molecule has 0 unspecified atom stereocenters. The van der Waals surface area contributed by atoms with E-state index >= 15 is 0 Å². The summed E-state index contributed by atoms with van der Waals surface area (Å²) >= 11 is 0. The van der Waals surface area contributed by atoms with Gasteiger partial charge in [-0.1, -0.05) is 30.7 Å². The van der Waals surface area contributed by atoms with Gasteiger partial charge in [0.05, 0.1) is 11.6 Å². The van der Waals surface area contributed by atoms with Crippen LogP contribution in [0.3, 0.4) is 0 Å². The monoisotopic (exact) mass is 348 g/mol. The molecule has 2 aliphatic rings. The normalized spacial score (nSPS) is 24.8. The average molecular weight is 348 g/mol. The van der Waals surface area contributed by atoms with E-state index in [1.165, 1.54) is 25.0 Å². The fourth-order valence-corrected chi connectivity index (χ4v) is 4.30. The van der Waals surface area contributed by atoms with Gasteiger partial charge in [0.25, 0.3) is 0 Å². The highest BCUT2D eigenvalue weighted by Crippen LogP contribution is 2.44. The summed E-state index contributed by atoms with van der Waals surface area (Å²) in [5, 5.41) is 0. The summed E-state index contributed by atoms with van der Waals surface area (Å²) in [5.41, 5.74) is 2.23. The molecule has 2 heterocycles. The largest absolute Gasteiger partial charge is 0.342 e. The second kappa shape index (κ2) is 6.92. The second-order valence-electron chi connectivity index (χ2n) is 7.17. The van der Waals surface area contributed by atoms with E-state index in [0.717, 1.165) is 24.1 Å². The zero-order valence-corrected chi connectivity index (χ0v) is 14.8. The molecule has 0 spiro atoms. The van der Waals surface area contributed by atoms with Gasteiger partial charge in [-0.15, -0.1) is 0 Å². The minimum Gasteiger partial charge on any atom is -0.342 e. The highest BCUT2D eigenvalue weighted by molar-refractivity contribution is 5.86. The van der Waals surface area contributed by atoms with Gasteiger partial charge < -0.3 is 4.90 Å². The van der Waals surface area contributed by atoms with Crippen molar-refractivity contribution in [2.75, 3.05) is 7.05 Å². The van der Waals surface area contributed by atoms with Gasteiger partial charge in [0.15, 0.2) is 0 Å². The fourth-order valence-electron chi connectivity index (χ4n) is 4.30. The first kappa shape index (κ1) is 16.8. The van der Waals surface area contributed by atoms with Crippen LogP contribution in [0.5, 0.6) is 0 Å². The van der Waals surface area contributed by atoms with Crippen LogP contribution in [-0.2, 0) is 4.79 Å². The van der Waals surface area contributed by atoms with E-state index in [9.17, 15) is 9.18 Å². The van der Waals surface area contributed by atoms with E-state index in [1.54, 1.807) is 18.3 Å². The number of aromatic nitrogens is 1.